The van der Waals surface area contributed by atoms with Gasteiger partial charge in [-0.2, -0.15) is 13.2 Å². The number of halogens is 4. The molecule has 0 N–H and O–H groups in total. The van der Waals surface area contributed by atoms with Crippen molar-refractivity contribution in [1.82, 2.24) is 4.57 Å². The van der Waals surface area contributed by atoms with Gasteiger partial charge in [-0.15, -0.1) is 0 Å². The number of alkyl halides is 3. The summed E-state index contributed by atoms with van der Waals surface area (Å²) in [5.74, 6) is -0.507. The molecule has 0 aliphatic carbocycles. The smallest absolute Gasteiger partial charge is 0.416 e. The number of hydrogen-bond acceptors (Lipinski definition) is 2. The Morgan fingerprint density at radius 3 is 2.53 bits per heavy atom. The fourth-order valence-electron chi connectivity index (χ4n) is 3.40. The summed E-state index contributed by atoms with van der Waals surface area (Å²) in [7, 11) is 0. The van der Waals surface area contributed by atoms with Crippen molar-refractivity contribution in [3.05, 3.63) is 76.5 Å². The summed E-state index contributed by atoms with van der Waals surface area (Å²) in [5, 5.41) is 1.05. The first-order valence-electron chi connectivity index (χ1n) is 9.41. The number of esters is 1. The van der Waals surface area contributed by atoms with Crippen LogP contribution in [-0.2, 0) is 22.3 Å². The van der Waals surface area contributed by atoms with Crippen molar-refractivity contribution in [2.24, 2.45) is 0 Å². The predicted octanol–water partition coefficient (Wildman–Crippen LogP) is 6.55. The number of rotatable bonds is 5. The second kappa shape index (κ2) is 8.56. The van der Waals surface area contributed by atoms with Gasteiger partial charge in [-0.25, -0.2) is 4.79 Å². The lowest BCUT2D eigenvalue weighted by atomic mass is 10.1. The summed E-state index contributed by atoms with van der Waals surface area (Å²) in [6.45, 7) is 5.40. The Morgan fingerprint density at radius 1 is 1.17 bits per heavy atom. The largest absolute Gasteiger partial charge is 0.463 e. The standard InChI is InChI=1S/C23H21ClF3NO2/c1-4-30-22(29)15(3)21(24)19-13-28(20-8-6-5-7-18(19)20)12-16-9-14(2)10-17(11-16)23(25,26)27/h5-11,13H,4,12H2,1-3H3/b21-15-. The Balaban J connectivity index is 2.09. The maximum atomic E-state index is 13.2. The molecule has 0 saturated carbocycles. The molecule has 0 aliphatic heterocycles. The van der Waals surface area contributed by atoms with Gasteiger partial charge in [-0.05, 0) is 44.5 Å². The van der Waals surface area contributed by atoms with Crippen LogP contribution in [0.2, 0.25) is 0 Å². The highest BCUT2D eigenvalue weighted by molar-refractivity contribution is 6.51. The van der Waals surface area contributed by atoms with Crippen molar-refractivity contribution in [1.29, 1.82) is 0 Å². The highest BCUT2D eigenvalue weighted by Crippen LogP contribution is 2.34. The van der Waals surface area contributed by atoms with Gasteiger partial charge in [0, 0.05) is 29.2 Å². The molecule has 0 saturated heterocycles. The van der Waals surface area contributed by atoms with Gasteiger partial charge in [0.2, 0.25) is 0 Å². The molecule has 3 aromatic rings. The minimum absolute atomic E-state index is 0.230. The quantitative estimate of drug-likeness (QED) is 0.336. The van der Waals surface area contributed by atoms with Crippen LogP contribution in [0.5, 0.6) is 0 Å². The Hall–Kier alpha value is -2.73. The highest BCUT2D eigenvalue weighted by atomic mass is 35.5. The van der Waals surface area contributed by atoms with E-state index in [9.17, 15) is 18.0 Å². The van der Waals surface area contributed by atoms with Gasteiger partial charge in [0.25, 0.3) is 0 Å². The summed E-state index contributed by atoms with van der Waals surface area (Å²) in [6.07, 6.45) is -2.65. The molecule has 1 aromatic heterocycles. The van der Waals surface area contributed by atoms with Crippen LogP contribution in [0.15, 0.2) is 54.2 Å². The first-order valence-corrected chi connectivity index (χ1v) is 9.79. The number of fused-ring (bicyclic) bond motifs is 1. The molecule has 0 atom stereocenters. The maximum Gasteiger partial charge on any atom is 0.416 e. The van der Waals surface area contributed by atoms with Crippen LogP contribution in [0.1, 0.15) is 36.1 Å². The Bertz CT molecular complexity index is 1130. The molecule has 7 heteroatoms. The van der Waals surface area contributed by atoms with Crippen LogP contribution >= 0.6 is 11.6 Å². The monoisotopic (exact) mass is 435 g/mol. The zero-order chi connectivity index (χ0) is 22.1. The van der Waals surface area contributed by atoms with E-state index < -0.39 is 17.7 Å². The van der Waals surface area contributed by atoms with Crippen LogP contribution in [0, 0.1) is 6.92 Å². The maximum absolute atomic E-state index is 13.2. The zero-order valence-corrected chi connectivity index (χ0v) is 17.6. The number of benzene rings is 2. The fraction of sp³-hybridized carbons (Fsp3) is 0.261. The van der Waals surface area contributed by atoms with Gasteiger partial charge >= 0.3 is 12.1 Å². The van der Waals surface area contributed by atoms with Crippen LogP contribution in [0.4, 0.5) is 13.2 Å². The molecular weight excluding hydrogens is 415 g/mol. The SMILES string of the molecule is CCOC(=O)/C(C)=C(\Cl)c1cn(Cc2cc(C)cc(C(F)(F)F)c2)c2ccccc12. The highest BCUT2D eigenvalue weighted by Gasteiger charge is 2.31. The molecule has 0 radical (unpaired) electrons. The lowest BCUT2D eigenvalue weighted by Crippen LogP contribution is -2.07. The fourth-order valence-corrected chi connectivity index (χ4v) is 3.63. The molecule has 0 spiro atoms. The third kappa shape index (κ3) is 4.54. The second-order valence-corrected chi connectivity index (χ2v) is 7.43. The second-order valence-electron chi connectivity index (χ2n) is 7.05. The average Bonchev–Trinajstić information content (AvgIpc) is 3.04. The van der Waals surface area contributed by atoms with Crippen molar-refractivity contribution in [2.75, 3.05) is 6.61 Å². The lowest BCUT2D eigenvalue weighted by Gasteiger charge is -2.12. The van der Waals surface area contributed by atoms with Gasteiger partial charge in [-0.3, -0.25) is 0 Å². The summed E-state index contributed by atoms with van der Waals surface area (Å²) in [4.78, 5) is 12.1. The van der Waals surface area contributed by atoms with Crippen LogP contribution in [-0.4, -0.2) is 17.1 Å². The Morgan fingerprint density at radius 2 is 1.87 bits per heavy atom. The minimum Gasteiger partial charge on any atom is -0.463 e. The molecular formula is C23H21ClF3NO2. The van der Waals surface area contributed by atoms with Gasteiger partial charge in [0.1, 0.15) is 0 Å². The van der Waals surface area contributed by atoms with E-state index in [2.05, 4.69) is 0 Å². The van der Waals surface area contributed by atoms with Gasteiger partial charge in [-0.1, -0.05) is 41.4 Å². The molecule has 0 unspecified atom stereocenters. The van der Waals surface area contributed by atoms with E-state index in [1.54, 1.807) is 33.0 Å². The molecule has 3 nitrogen and oxygen atoms in total. The van der Waals surface area contributed by atoms with Crippen LogP contribution in [0.25, 0.3) is 15.9 Å². The molecule has 30 heavy (non-hydrogen) atoms. The minimum atomic E-state index is -4.41. The average molecular weight is 436 g/mol. The first kappa shape index (κ1) is 22.0. The number of para-hydroxylation sites is 1. The van der Waals surface area contributed by atoms with Crippen molar-refractivity contribution >= 4 is 33.5 Å². The third-order valence-corrected chi connectivity index (χ3v) is 5.24. The Kier molecular flexibility index (Phi) is 6.27. The van der Waals surface area contributed by atoms with E-state index in [1.807, 2.05) is 28.8 Å². The number of aryl methyl sites for hydroxylation is 1. The van der Waals surface area contributed by atoms with E-state index in [0.29, 0.717) is 16.7 Å². The van der Waals surface area contributed by atoms with Gasteiger partial charge in [0.15, 0.2) is 0 Å². The number of ether oxygens (including phenoxy) is 1. The van der Waals surface area contributed by atoms with Gasteiger partial charge in [0.05, 0.1) is 22.8 Å². The normalized spacial score (nSPS) is 12.8. The lowest BCUT2D eigenvalue weighted by molar-refractivity contribution is -0.138. The molecule has 0 amide bonds. The van der Waals surface area contributed by atoms with Crippen molar-refractivity contribution < 1.29 is 22.7 Å². The van der Waals surface area contributed by atoms with E-state index >= 15 is 0 Å². The number of nitrogens with zero attached hydrogens (tertiary/aromatic N) is 1. The number of carbonyl (C=O) groups is 1. The molecule has 1 heterocycles. The van der Waals surface area contributed by atoms with Crippen molar-refractivity contribution in [2.45, 2.75) is 33.5 Å². The zero-order valence-electron chi connectivity index (χ0n) is 16.8. The molecule has 0 fully saturated rings. The van der Waals surface area contributed by atoms with Crippen LogP contribution < -0.4 is 0 Å². The van der Waals surface area contributed by atoms with E-state index in [-0.39, 0.29) is 23.8 Å². The third-order valence-electron chi connectivity index (χ3n) is 4.75. The summed E-state index contributed by atoms with van der Waals surface area (Å²) < 4.78 is 46.5. The summed E-state index contributed by atoms with van der Waals surface area (Å²) >= 11 is 6.51. The summed E-state index contributed by atoms with van der Waals surface area (Å²) in [5.41, 5.74) is 2.09. The molecule has 158 valence electrons. The number of carbonyl (C=O) groups excluding carboxylic acids is 1. The van der Waals surface area contributed by atoms with Crippen LogP contribution in [0.3, 0.4) is 0 Å². The van der Waals surface area contributed by atoms with E-state index in [4.69, 9.17) is 16.3 Å². The predicted molar refractivity (Wildman–Crippen MR) is 112 cm³/mol. The molecule has 0 bridgehead atoms. The summed E-state index contributed by atoms with van der Waals surface area (Å²) in [6, 6.07) is 11.4. The van der Waals surface area contributed by atoms with Crippen molar-refractivity contribution in [3.63, 3.8) is 0 Å². The first-order chi connectivity index (χ1) is 14.1. The molecule has 2 aromatic carbocycles. The van der Waals surface area contributed by atoms with Crippen molar-refractivity contribution in [3.8, 4) is 0 Å². The number of hydrogen-bond donors (Lipinski definition) is 0. The molecule has 0 aliphatic rings. The van der Waals surface area contributed by atoms with Gasteiger partial charge < -0.3 is 9.30 Å². The van der Waals surface area contributed by atoms with E-state index in [0.717, 1.165) is 23.0 Å². The molecule has 3 rings (SSSR count). The topological polar surface area (TPSA) is 31.2 Å². The van der Waals surface area contributed by atoms with E-state index in [1.165, 1.54) is 0 Å². The number of aromatic nitrogens is 1. The Labute approximate surface area is 177 Å².